The van der Waals surface area contributed by atoms with Crippen molar-refractivity contribution in [1.29, 1.82) is 0 Å². The first-order valence-corrected chi connectivity index (χ1v) is 27.5. The molecule has 0 saturated heterocycles. The van der Waals surface area contributed by atoms with Gasteiger partial charge < -0.3 is 20.1 Å². The molecule has 9 nitrogen and oxygen atoms in total. The highest BCUT2D eigenvalue weighted by atomic mass is 31.2. The minimum absolute atomic E-state index is 0.0584. The van der Waals surface area contributed by atoms with Crippen LogP contribution in [0.2, 0.25) is 0 Å². The first-order valence-electron chi connectivity index (χ1n) is 26.0. The van der Waals surface area contributed by atoms with Crippen molar-refractivity contribution in [2.24, 2.45) is 5.73 Å². The largest absolute Gasteiger partial charge is 0.472 e. The van der Waals surface area contributed by atoms with Crippen LogP contribution in [0.25, 0.3) is 0 Å². The van der Waals surface area contributed by atoms with E-state index in [4.69, 9.17) is 24.3 Å². The second-order valence-electron chi connectivity index (χ2n) is 17.8. The quantitative estimate of drug-likeness (QED) is 0.0348. The molecule has 2 atom stereocenters. The van der Waals surface area contributed by atoms with E-state index in [1.165, 1.54) is 212 Å². The lowest BCUT2D eigenvalue weighted by molar-refractivity contribution is -0.161. The normalized spacial score (nSPS) is 13.1. The molecule has 0 radical (unpaired) electrons. The topological polar surface area (TPSA) is 134 Å². The van der Waals surface area contributed by atoms with E-state index >= 15 is 0 Å². The van der Waals surface area contributed by atoms with Crippen LogP contribution >= 0.6 is 7.82 Å². The van der Waals surface area contributed by atoms with Gasteiger partial charge in [0, 0.05) is 19.4 Å². The minimum Gasteiger partial charge on any atom is -0.462 e. The molecule has 0 saturated carbocycles. The van der Waals surface area contributed by atoms with Crippen molar-refractivity contribution < 1.29 is 37.6 Å². The highest BCUT2D eigenvalue weighted by molar-refractivity contribution is 7.47. The molecule has 0 bridgehead atoms. The van der Waals surface area contributed by atoms with Gasteiger partial charge in [-0.15, -0.1) is 0 Å². The second-order valence-corrected chi connectivity index (χ2v) is 19.2. The number of hydrogen-bond donors (Lipinski definition) is 2. The Morgan fingerprint density at radius 2 is 0.717 bits per heavy atom. The molecule has 10 heteroatoms. The van der Waals surface area contributed by atoms with Gasteiger partial charge >= 0.3 is 19.8 Å². The number of hydrogen-bond acceptors (Lipinski definition) is 8. The summed E-state index contributed by atoms with van der Waals surface area (Å²) in [5.74, 6) is -0.805. The summed E-state index contributed by atoms with van der Waals surface area (Å²) >= 11 is 0. The molecule has 0 aromatic rings. The number of carbonyl (C=O) groups is 2. The summed E-state index contributed by atoms with van der Waals surface area (Å²) in [5, 5.41) is 0. The van der Waals surface area contributed by atoms with Crippen LogP contribution < -0.4 is 5.73 Å². The van der Waals surface area contributed by atoms with E-state index in [0.29, 0.717) is 6.42 Å². The fraction of sp³-hybridized carbons (Fsp3) is 0.960. The minimum atomic E-state index is -4.37. The Bertz CT molecular complexity index is 953. The van der Waals surface area contributed by atoms with Crippen molar-refractivity contribution in [2.45, 2.75) is 283 Å². The van der Waals surface area contributed by atoms with E-state index in [-0.39, 0.29) is 38.6 Å². The van der Waals surface area contributed by atoms with Gasteiger partial charge in [-0.2, -0.15) is 0 Å². The molecule has 3 N–H and O–H groups in total. The third kappa shape index (κ3) is 46.5. The van der Waals surface area contributed by atoms with Crippen molar-refractivity contribution in [1.82, 2.24) is 0 Å². The van der Waals surface area contributed by atoms with Gasteiger partial charge in [-0.25, -0.2) is 4.57 Å². The molecule has 0 aliphatic carbocycles. The lowest BCUT2D eigenvalue weighted by Crippen LogP contribution is -2.29. The monoisotopic (exact) mass is 874 g/mol. The number of carbonyl (C=O) groups excluding carboxylic acids is 2. The Morgan fingerprint density at radius 3 is 1.02 bits per heavy atom. The number of ether oxygens (including phenoxy) is 2. The van der Waals surface area contributed by atoms with E-state index in [1.54, 1.807) is 0 Å². The second kappa shape index (κ2) is 47.5. The Balaban J connectivity index is 3.98. The third-order valence-electron chi connectivity index (χ3n) is 11.7. The number of unbranched alkanes of at least 4 members (excludes halogenated alkanes) is 37. The zero-order chi connectivity index (χ0) is 43.9. The first-order chi connectivity index (χ1) is 29.3. The average molecular weight is 874 g/mol. The molecule has 0 aromatic heterocycles. The molecular formula is C50H100NO8P. The van der Waals surface area contributed by atoms with Crippen LogP contribution in [0.5, 0.6) is 0 Å². The van der Waals surface area contributed by atoms with Crippen molar-refractivity contribution in [2.75, 3.05) is 26.4 Å². The van der Waals surface area contributed by atoms with E-state index in [1.807, 2.05) is 0 Å². The SMILES string of the molecule is CCCCCCCCCCCCCCCCCCCCCCC(=O)OCC(COP(=O)(O)OCCN)OC(=O)CCCCCCCCCCCCCCCCCCCCC. The molecule has 0 heterocycles. The van der Waals surface area contributed by atoms with Gasteiger partial charge in [0.2, 0.25) is 0 Å². The Hall–Kier alpha value is -0.990. The molecule has 0 rings (SSSR count). The summed E-state index contributed by atoms with van der Waals surface area (Å²) in [5.41, 5.74) is 5.37. The van der Waals surface area contributed by atoms with Gasteiger partial charge in [0.15, 0.2) is 6.10 Å². The predicted octanol–water partition coefficient (Wildman–Crippen LogP) is 15.6. The van der Waals surface area contributed by atoms with Gasteiger partial charge in [-0.05, 0) is 12.8 Å². The molecule has 0 fully saturated rings. The maximum atomic E-state index is 12.6. The zero-order valence-electron chi connectivity index (χ0n) is 39.7. The van der Waals surface area contributed by atoms with Crippen molar-refractivity contribution in [3.05, 3.63) is 0 Å². The molecule has 0 amide bonds. The maximum absolute atomic E-state index is 12.6. The third-order valence-corrected chi connectivity index (χ3v) is 12.7. The zero-order valence-corrected chi connectivity index (χ0v) is 40.6. The van der Waals surface area contributed by atoms with Crippen LogP contribution in [0.3, 0.4) is 0 Å². The highest BCUT2D eigenvalue weighted by Crippen LogP contribution is 2.43. The summed E-state index contributed by atoms with van der Waals surface area (Å²) in [6, 6.07) is 0. The van der Waals surface area contributed by atoms with Crippen LogP contribution in [-0.4, -0.2) is 49.3 Å². The van der Waals surface area contributed by atoms with E-state index in [2.05, 4.69) is 13.8 Å². The van der Waals surface area contributed by atoms with E-state index in [9.17, 15) is 19.0 Å². The molecule has 0 aromatic carbocycles. The fourth-order valence-corrected chi connectivity index (χ4v) is 8.64. The lowest BCUT2D eigenvalue weighted by atomic mass is 10.0. The van der Waals surface area contributed by atoms with E-state index in [0.717, 1.165) is 32.1 Å². The molecule has 60 heavy (non-hydrogen) atoms. The molecular weight excluding hydrogens is 774 g/mol. The van der Waals surface area contributed by atoms with Crippen LogP contribution in [0, 0.1) is 0 Å². The number of esters is 2. The average Bonchev–Trinajstić information content (AvgIpc) is 3.24. The Kier molecular flexibility index (Phi) is 46.7. The van der Waals surface area contributed by atoms with Crippen LogP contribution in [-0.2, 0) is 32.7 Å². The summed E-state index contributed by atoms with van der Waals surface area (Å²) in [6.45, 7) is 3.81. The summed E-state index contributed by atoms with van der Waals surface area (Å²) in [6.07, 6.45) is 50.0. The smallest absolute Gasteiger partial charge is 0.462 e. The predicted molar refractivity (Wildman–Crippen MR) is 252 cm³/mol. The maximum Gasteiger partial charge on any atom is 0.472 e. The summed E-state index contributed by atoms with van der Waals surface area (Å²) in [7, 11) is -4.37. The Labute approximate surface area is 371 Å². The standard InChI is InChI=1S/C50H100NO8P/c1-3-5-7-9-11-13-15-17-19-21-23-25-26-28-30-32-34-36-38-40-42-49(52)56-46-48(47-58-60(54,55)57-45-44-51)59-50(53)43-41-39-37-35-33-31-29-27-24-22-20-18-16-14-12-10-8-6-4-2/h48H,3-47,51H2,1-2H3,(H,54,55). The van der Waals surface area contributed by atoms with Crippen LogP contribution in [0.15, 0.2) is 0 Å². The lowest BCUT2D eigenvalue weighted by Gasteiger charge is -2.19. The van der Waals surface area contributed by atoms with Crippen molar-refractivity contribution >= 4 is 19.8 Å². The molecule has 358 valence electrons. The number of phosphoric acid groups is 1. The summed E-state index contributed by atoms with van der Waals surface area (Å²) in [4.78, 5) is 35.1. The van der Waals surface area contributed by atoms with Gasteiger partial charge in [0.1, 0.15) is 6.61 Å². The highest BCUT2D eigenvalue weighted by Gasteiger charge is 2.26. The van der Waals surface area contributed by atoms with Gasteiger partial charge in [0.25, 0.3) is 0 Å². The van der Waals surface area contributed by atoms with E-state index < -0.39 is 26.5 Å². The van der Waals surface area contributed by atoms with Crippen molar-refractivity contribution in [3.63, 3.8) is 0 Å². The fourth-order valence-electron chi connectivity index (χ4n) is 7.87. The number of nitrogens with two attached hydrogens (primary N) is 1. The number of phosphoric ester groups is 1. The summed E-state index contributed by atoms with van der Waals surface area (Å²) < 4.78 is 33.0. The van der Waals surface area contributed by atoms with Crippen LogP contribution in [0.1, 0.15) is 277 Å². The Morgan fingerprint density at radius 1 is 0.433 bits per heavy atom. The number of rotatable bonds is 50. The van der Waals surface area contributed by atoms with Gasteiger partial charge in [0.05, 0.1) is 13.2 Å². The molecule has 0 spiro atoms. The van der Waals surface area contributed by atoms with Crippen molar-refractivity contribution in [3.8, 4) is 0 Å². The molecule has 0 aliphatic rings. The van der Waals surface area contributed by atoms with Gasteiger partial charge in [-0.3, -0.25) is 18.6 Å². The van der Waals surface area contributed by atoms with Gasteiger partial charge in [-0.1, -0.05) is 251 Å². The molecule has 0 aliphatic heterocycles. The molecule has 2 unspecified atom stereocenters. The first kappa shape index (κ1) is 59.0. The van der Waals surface area contributed by atoms with Crippen LogP contribution in [0.4, 0.5) is 0 Å².